The van der Waals surface area contributed by atoms with Gasteiger partial charge in [0.25, 0.3) is 0 Å². The molecule has 11 aromatic carbocycles. The zero-order valence-corrected chi connectivity index (χ0v) is 47.5. The smallest absolute Gasteiger partial charge is 0.123 e. The van der Waals surface area contributed by atoms with Crippen LogP contribution in [0.25, 0.3) is 43.8 Å². The minimum absolute atomic E-state index is 0.00999. The maximum atomic E-state index is 15.7. The molecule has 394 valence electrons. The molecule has 0 spiro atoms. The summed E-state index contributed by atoms with van der Waals surface area (Å²) in [6.07, 6.45) is 0.706. The maximum absolute atomic E-state index is 15.7. The van der Waals surface area contributed by atoms with Crippen LogP contribution in [0.2, 0.25) is 0 Å². The molecule has 4 heteroatoms. The molecule has 11 aromatic rings. The van der Waals surface area contributed by atoms with Gasteiger partial charge >= 0.3 is 0 Å². The van der Waals surface area contributed by atoms with E-state index < -0.39 is 5.41 Å². The highest BCUT2D eigenvalue weighted by Crippen LogP contribution is 2.65. The minimum Gasteiger partial charge on any atom is -0.310 e. The van der Waals surface area contributed by atoms with E-state index in [1.807, 2.05) is 24.3 Å². The Morgan fingerprint density at radius 2 is 0.863 bits per heavy atom. The van der Waals surface area contributed by atoms with E-state index in [9.17, 15) is 0 Å². The first-order valence-electron chi connectivity index (χ1n) is 28.1. The number of rotatable bonds is 8. The second kappa shape index (κ2) is 18.8. The molecule has 0 bridgehead atoms. The molecule has 2 nitrogen and oxygen atoms in total. The van der Waals surface area contributed by atoms with Crippen molar-refractivity contribution in [2.24, 2.45) is 0 Å². The summed E-state index contributed by atoms with van der Waals surface area (Å²) < 4.78 is 31.4. The molecule has 0 heterocycles. The Labute approximate surface area is 470 Å². The van der Waals surface area contributed by atoms with Gasteiger partial charge in [-0.05, 0) is 241 Å². The third kappa shape index (κ3) is 8.25. The predicted octanol–water partition coefficient (Wildman–Crippen LogP) is 21.0. The molecule has 0 radical (unpaired) electrons. The molecule has 80 heavy (non-hydrogen) atoms. The molecule has 0 saturated heterocycles. The molecule has 0 saturated carbocycles. The predicted molar refractivity (Wildman–Crippen MR) is 333 cm³/mol. The Morgan fingerprint density at radius 1 is 0.388 bits per heavy atom. The van der Waals surface area contributed by atoms with Crippen LogP contribution in [-0.2, 0) is 22.7 Å². The van der Waals surface area contributed by atoms with Gasteiger partial charge in [-0.1, -0.05) is 157 Å². The summed E-state index contributed by atoms with van der Waals surface area (Å²) in [7, 11) is 0. The largest absolute Gasteiger partial charge is 0.310 e. The molecule has 0 unspecified atom stereocenters. The fraction of sp³-hybridized carbons (Fsp3) is 0.184. The highest BCUT2D eigenvalue weighted by atomic mass is 19.1. The zero-order chi connectivity index (χ0) is 55.6. The van der Waals surface area contributed by atoms with E-state index >= 15 is 8.78 Å². The van der Waals surface area contributed by atoms with E-state index in [0.717, 1.165) is 83.5 Å². The van der Waals surface area contributed by atoms with Crippen molar-refractivity contribution < 1.29 is 8.78 Å². The van der Waals surface area contributed by atoms with Crippen molar-refractivity contribution in [3.05, 3.63) is 285 Å². The minimum atomic E-state index is -1.07. The van der Waals surface area contributed by atoms with Crippen molar-refractivity contribution >= 4 is 55.7 Å². The number of aryl methyl sites for hydroxylation is 4. The summed E-state index contributed by atoms with van der Waals surface area (Å²) in [4.78, 5) is 4.86. The average Bonchev–Trinajstić information content (AvgIpc) is 4.16. The van der Waals surface area contributed by atoms with Crippen LogP contribution in [0.15, 0.2) is 206 Å². The normalized spacial score (nSPS) is 13.3. The topological polar surface area (TPSA) is 6.48 Å². The summed E-state index contributed by atoms with van der Waals surface area (Å²) in [6, 6.07) is 73.2. The first-order valence-corrected chi connectivity index (χ1v) is 28.1. The Kier molecular flexibility index (Phi) is 11.9. The van der Waals surface area contributed by atoms with Gasteiger partial charge < -0.3 is 9.80 Å². The maximum Gasteiger partial charge on any atom is 0.123 e. The first kappa shape index (κ1) is 50.9. The van der Waals surface area contributed by atoms with Gasteiger partial charge in [0.2, 0.25) is 0 Å². The Hall–Kier alpha value is -8.60. The van der Waals surface area contributed by atoms with Crippen molar-refractivity contribution in [3.8, 4) is 22.3 Å². The third-order valence-corrected chi connectivity index (χ3v) is 17.1. The molecule has 0 N–H and O–H groups in total. The standard InChI is InChI=1S/C76H66F2N2/c1-46-37-47(2)40-60(39-46)79(57-31-23-51(24-32-57)74(5,6)7)59-35-36-65-66(44-59)63-17-13-14-18-64(63)72-71-67-43-50-15-11-12-16-62(50)70(67)69(80(61-41-48(3)38-49(4)42-61)58-33-25-52(26-34-58)75(8,9)10)45-68(71)76(73(65)72,53-19-27-55(77)28-20-53)54-21-29-56(78)30-22-54/h11-42,44-45H,43H2,1-10H3. The zero-order valence-electron chi connectivity index (χ0n) is 47.5. The monoisotopic (exact) mass is 1040 g/mol. The van der Waals surface area contributed by atoms with Gasteiger partial charge in [0, 0.05) is 34.0 Å². The van der Waals surface area contributed by atoms with Crippen LogP contribution in [0, 0.1) is 39.3 Å². The SMILES string of the molecule is Cc1cc(C)cc(N(c2ccc(C(C)(C)C)cc2)c2ccc3c4c(c5ccccc5c3c2)-c2c(cc(N(c3ccc(C(C)(C)C)cc3)c3cc(C)cc(C)c3)c3c2Cc2ccccc2-3)C4(c2ccc(F)cc2)c2ccc(F)cc2)c1. The van der Waals surface area contributed by atoms with Gasteiger partial charge in [-0.25, -0.2) is 8.78 Å². The summed E-state index contributed by atoms with van der Waals surface area (Å²) >= 11 is 0. The van der Waals surface area contributed by atoms with Gasteiger partial charge in [-0.3, -0.25) is 0 Å². The highest BCUT2D eigenvalue weighted by Gasteiger charge is 2.51. The Balaban J connectivity index is 1.19. The lowest BCUT2D eigenvalue weighted by atomic mass is 9.66. The van der Waals surface area contributed by atoms with Crippen molar-refractivity contribution in [1.29, 1.82) is 0 Å². The van der Waals surface area contributed by atoms with Crippen LogP contribution in [0.3, 0.4) is 0 Å². The molecule has 0 atom stereocenters. The fourth-order valence-corrected chi connectivity index (χ4v) is 13.6. The van der Waals surface area contributed by atoms with Gasteiger partial charge in [0.15, 0.2) is 0 Å². The van der Waals surface area contributed by atoms with E-state index in [1.165, 1.54) is 61.2 Å². The molecular weight excluding hydrogens is 979 g/mol. The second-order valence-electron chi connectivity index (χ2n) is 24.8. The molecule has 0 amide bonds. The van der Waals surface area contributed by atoms with Gasteiger partial charge in [-0.2, -0.15) is 0 Å². The van der Waals surface area contributed by atoms with Crippen molar-refractivity contribution in [2.45, 2.75) is 91.9 Å². The van der Waals surface area contributed by atoms with E-state index in [4.69, 9.17) is 0 Å². The van der Waals surface area contributed by atoms with Crippen LogP contribution in [-0.4, -0.2) is 0 Å². The number of anilines is 6. The van der Waals surface area contributed by atoms with Gasteiger partial charge in [-0.15, -0.1) is 0 Å². The Bertz CT molecular complexity index is 4180. The lowest BCUT2D eigenvalue weighted by Crippen LogP contribution is -2.29. The van der Waals surface area contributed by atoms with Crippen molar-refractivity contribution in [2.75, 3.05) is 9.80 Å². The van der Waals surface area contributed by atoms with Gasteiger partial charge in [0.05, 0.1) is 11.1 Å². The molecular formula is C76H66F2N2. The molecule has 0 aliphatic heterocycles. The number of halogens is 2. The Morgan fingerprint density at radius 3 is 1.40 bits per heavy atom. The van der Waals surface area contributed by atoms with Crippen molar-refractivity contribution in [1.82, 2.24) is 0 Å². The number of fused-ring (bicyclic) bond motifs is 12. The summed E-state index contributed by atoms with van der Waals surface area (Å²) in [5.74, 6) is -0.637. The number of hydrogen-bond acceptors (Lipinski definition) is 2. The van der Waals surface area contributed by atoms with Gasteiger partial charge in [0.1, 0.15) is 11.6 Å². The summed E-state index contributed by atoms with van der Waals surface area (Å²) in [5, 5.41) is 4.43. The summed E-state index contributed by atoms with van der Waals surface area (Å²) in [6.45, 7) is 22.2. The third-order valence-electron chi connectivity index (χ3n) is 17.1. The second-order valence-corrected chi connectivity index (χ2v) is 24.8. The van der Waals surface area contributed by atoms with E-state index in [2.05, 4.69) is 237 Å². The molecule has 2 aliphatic rings. The van der Waals surface area contributed by atoms with Crippen LogP contribution in [0.1, 0.15) is 108 Å². The quantitative estimate of drug-likeness (QED) is 0.140. The van der Waals surface area contributed by atoms with E-state index in [-0.39, 0.29) is 22.5 Å². The lowest BCUT2D eigenvalue weighted by Gasteiger charge is -2.36. The van der Waals surface area contributed by atoms with Crippen LogP contribution < -0.4 is 9.80 Å². The first-order chi connectivity index (χ1) is 38.4. The van der Waals surface area contributed by atoms with E-state index in [0.29, 0.717) is 6.42 Å². The van der Waals surface area contributed by atoms with Crippen LogP contribution in [0.5, 0.6) is 0 Å². The summed E-state index contributed by atoms with van der Waals surface area (Å²) in [5.41, 5.74) is 23.7. The molecule has 0 aromatic heterocycles. The number of benzene rings is 11. The van der Waals surface area contributed by atoms with Crippen LogP contribution in [0.4, 0.5) is 42.9 Å². The highest BCUT2D eigenvalue weighted by molar-refractivity contribution is 6.21. The lowest BCUT2D eigenvalue weighted by molar-refractivity contribution is 0.590. The fourth-order valence-electron chi connectivity index (χ4n) is 13.6. The van der Waals surface area contributed by atoms with Crippen molar-refractivity contribution in [3.63, 3.8) is 0 Å². The van der Waals surface area contributed by atoms with E-state index in [1.54, 1.807) is 24.3 Å². The molecule has 0 fully saturated rings. The van der Waals surface area contributed by atoms with Crippen LogP contribution >= 0.6 is 0 Å². The number of hydrogen-bond donors (Lipinski definition) is 0. The molecule has 2 aliphatic carbocycles. The average molecular weight is 1050 g/mol. The molecule has 13 rings (SSSR count). The number of nitrogens with zero attached hydrogens (tertiary/aromatic N) is 2.